The van der Waals surface area contributed by atoms with Crippen LogP contribution in [0.5, 0.6) is 11.5 Å². The second-order valence-electron chi connectivity index (χ2n) is 7.69. The monoisotopic (exact) mass is 462 g/mol. The van der Waals surface area contributed by atoms with Gasteiger partial charge in [-0.25, -0.2) is 0 Å². The van der Waals surface area contributed by atoms with Gasteiger partial charge in [-0.05, 0) is 36.2 Å². The number of aromatic nitrogens is 1. The number of aromatic amines is 1. The minimum absolute atomic E-state index is 0.351. The van der Waals surface area contributed by atoms with Gasteiger partial charge in [0.05, 0.1) is 18.3 Å². The van der Waals surface area contributed by atoms with Gasteiger partial charge >= 0.3 is 0 Å². The number of oxime groups is 1. The normalized spacial score (nSPS) is 11.2. The average molecular weight is 463 g/mol. The van der Waals surface area contributed by atoms with E-state index in [0.717, 1.165) is 39.9 Å². The van der Waals surface area contributed by atoms with E-state index in [0.29, 0.717) is 30.4 Å². The van der Waals surface area contributed by atoms with E-state index in [4.69, 9.17) is 25.9 Å². The van der Waals surface area contributed by atoms with Crippen LogP contribution in [-0.4, -0.2) is 31.5 Å². The molecule has 0 bridgehead atoms. The Labute approximate surface area is 198 Å². The lowest BCUT2D eigenvalue weighted by molar-refractivity contribution is 0.147. The van der Waals surface area contributed by atoms with Crippen molar-refractivity contribution in [2.75, 3.05) is 20.3 Å². The van der Waals surface area contributed by atoms with Crippen molar-refractivity contribution in [3.8, 4) is 11.5 Å². The molecule has 4 rings (SSSR count). The van der Waals surface area contributed by atoms with Crippen LogP contribution in [0.15, 0.2) is 71.9 Å². The summed E-state index contributed by atoms with van der Waals surface area (Å²) in [6.07, 6.45) is 3.03. The van der Waals surface area contributed by atoms with Gasteiger partial charge in [-0.1, -0.05) is 65.3 Å². The molecule has 0 unspecified atom stereocenters. The van der Waals surface area contributed by atoms with Crippen molar-refractivity contribution >= 4 is 28.7 Å². The number of hydrogen-bond acceptors (Lipinski definition) is 4. The van der Waals surface area contributed by atoms with Gasteiger partial charge < -0.3 is 19.3 Å². The SMILES string of the molecule is COc1c(Cc2ccccc2)cc2[nH]c(C)c(CCON=CCOc3ccccc3)c2c1Cl. The molecule has 3 aromatic carbocycles. The van der Waals surface area contributed by atoms with E-state index in [1.165, 1.54) is 5.56 Å². The molecule has 0 aliphatic heterocycles. The fraction of sp³-hybridized carbons (Fsp3) is 0.222. The standard InChI is InChI=1S/C27H27ClN2O3/c1-19-23(13-15-33-29-14-16-32-22-11-7-4-8-12-22)25-24(30-19)18-21(27(31-2)26(25)28)17-20-9-5-3-6-10-20/h3-12,14,18,30H,13,15-17H2,1-2H3. The summed E-state index contributed by atoms with van der Waals surface area (Å²) in [7, 11) is 1.66. The van der Waals surface area contributed by atoms with E-state index < -0.39 is 0 Å². The molecular weight excluding hydrogens is 436 g/mol. The van der Waals surface area contributed by atoms with Gasteiger partial charge in [-0.15, -0.1) is 0 Å². The average Bonchev–Trinajstić information content (AvgIpc) is 3.15. The molecule has 1 aromatic heterocycles. The molecule has 0 atom stereocenters. The van der Waals surface area contributed by atoms with Crippen molar-refractivity contribution in [1.29, 1.82) is 0 Å². The van der Waals surface area contributed by atoms with Gasteiger partial charge in [-0.2, -0.15) is 0 Å². The van der Waals surface area contributed by atoms with Crippen LogP contribution in [-0.2, 0) is 17.7 Å². The smallest absolute Gasteiger partial charge is 0.141 e. The Morgan fingerprint density at radius 1 is 1.03 bits per heavy atom. The Balaban J connectivity index is 1.43. The highest BCUT2D eigenvalue weighted by Gasteiger charge is 2.19. The van der Waals surface area contributed by atoms with Crippen molar-refractivity contribution in [3.05, 3.63) is 94.1 Å². The molecule has 33 heavy (non-hydrogen) atoms. The first-order valence-corrected chi connectivity index (χ1v) is 11.3. The number of benzene rings is 3. The molecule has 0 radical (unpaired) electrons. The number of halogens is 1. The Kier molecular flexibility index (Phi) is 7.53. The van der Waals surface area contributed by atoms with E-state index in [2.05, 4.69) is 28.3 Å². The van der Waals surface area contributed by atoms with E-state index in [1.54, 1.807) is 13.3 Å². The van der Waals surface area contributed by atoms with Crippen LogP contribution >= 0.6 is 11.6 Å². The van der Waals surface area contributed by atoms with Crippen LogP contribution in [0.2, 0.25) is 5.02 Å². The molecule has 0 amide bonds. The summed E-state index contributed by atoms with van der Waals surface area (Å²) >= 11 is 6.84. The number of aryl methyl sites for hydroxylation is 1. The maximum absolute atomic E-state index is 6.84. The largest absolute Gasteiger partial charge is 0.495 e. The van der Waals surface area contributed by atoms with Crippen LogP contribution < -0.4 is 9.47 Å². The molecule has 1 heterocycles. The molecule has 0 fully saturated rings. The van der Waals surface area contributed by atoms with Crippen LogP contribution in [0, 0.1) is 6.92 Å². The first-order chi connectivity index (χ1) is 16.2. The molecule has 0 aliphatic carbocycles. The highest BCUT2D eigenvalue weighted by molar-refractivity contribution is 6.37. The van der Waals surface area contributed by atoms with Crippen molar-refractivity contribution < 1.29 is 14.3 Å². The van der Waals surface area contributed by atoms with E-state index in [9.17, 15) is 0 Å². The fourth-order valence-electron chi connectivity index (χ4n) is 3.96. The van der Waals surface area contributed by atoms with Gasteiger partial charge in [-0.3, -0.25) is 0 Å². The first kappa shape index (κ1) is 22.7. The van der Waals surface area contributed by atoms with Crippen LogP contribution in [0.25, 0.3) is 10.9 Å². The summed E-state index contributed by atoms with van der Waals surface area (Å²) in [5.41, 5.74) is 5.42. The summed E-state index contributed by atoms with van der Waals surface area (Å²) in [5, 5.41) is 5.59. The summed E-state index contributed by atoms with van der Waals surface area (Å²) in [6.45, 7) is 2.83. The maximum atomic E-state index is 6.84. The van der Waals surface area contributed by atoms with Gasteiger partial charge in [0.15, 0.2) is 0 Å². The molecule has 0 saturated carbocycles. The Morgan fingerprint density at radius 3 is 2.48 bits per heavy atom. The van der Waals surface area contributed by atoms with E-state index >= 15 is 0 Å². The maximum Gasteiger partial charge on any atom is 0.141 e. The van der Waals surface area contributed by atoms with Crippen molar-refractivity contribution in [1.82, 2.24) is 4.98 Å². The van der Waals surface area contributed by atoms with Crippen LogP contribution in [0.4, 0.5) is 0 Å². The molecule has 170 valence electrons. The predicted molar refractivity (Wildman–Crippen MR) is 134 cm³/mol. The molecule has 1 N–H and O–H groups in total. The summed E-state index contributed by atoms with van der Waals surface area (Å²) in [6, 6.07) is 22.0. The molecule has 4 aromatic rings. The molecule has 0 aliphatic rings. The summed E-state index contributed by atoms with van der Waals surface area (Å²) in [5.74, 6) is 1.51. The number of ether oxygens (including phenoxy) is 2. The predicted octanol–water partition coefficient (Wildman–Crippen LogP) is 6.35. The van der Waals surface area contributed by atoms with Crippen molar-refractivity contribution in [2.24, 2.45) is 5.16 Å². The second kappa shape index (κ2) is 10.9. The second-order valence-corrected chi connectivity index (χ2v) is 8.07. The molecule has 5 nitrogen and oxygen atoms in total. The van der Waals surface area contributed by atoms with Gasteiger partial charge in [0.2, 0.25) is 0 Å². The van der Waals surface area contributed by atoms with Crippen molar-refractivity contribution in [2.45, 2.75) is 19.8 Å². The summed E-state index contributed by atoms with van der Waals surface area (Å²) in [4.78, 5) is 8.92. The number of methoxy groups -OCH3 is 1. The highest BCUT2D eigenvalue weighted by atomic mass is 35.5. The topological polar surface area (TPSA) is 55.8 Å². The highest BCUT2D eigenvalue weighted by Crippen LogP contribution is 2.40. The van der Waals surface area contributed by atoms with E-state index in [1.807, 2.05) is 55.5 Å². The molecule has 6 heteroatoms. The van der Waals surface area contributed by atoms with Gasteiger partial charge in [0.25, 0.3) is 0 Å². The third-order valence-corrected chi connectivity index (χ3v) is 5.84. The third kappa shape index (κ3) is 5.49. The zero-order valence-corrected chi connectivity index (χ0v) is 19.6. The van der Waals surface area contributed by atoms with E-state index in [-0.39, 0.29) is 0 Å². The number of H-pyrrole nitrogens is 1. The quantitative estimate of drug-likeness (QED) is 0.169. The van der Waals surface area contributed by atoms with Crippen molar-refractivity contribution in [3.63, 3.8) is 0 Å². The minimum Gasteiger partial charge on any atom is -0.495 e. The third-order valence-electron chi connectivity index (χ3n) is 5.48. The fourth-order valence-corrected chi connectivity index (χ4v) is 4.37. The first-order valence-electron chi connectivity index (χ1n) is 10.9. The number of rotatable bonds is 10. The number of fused-ring (bicyclic) bond motifs is 1. The Morgan fingerprint density at radius 2 is 1.76 bits per heavy atom. The molecular formula is C27H27ClN2O3. The number of hydrogen-bond donors (Lipinski definition) is 1. The van der Waals surface area contributed by atoms with Gasteiger partial charge in [0.1, 0.15) is 24.7 Å². The summed E-state index contributed by atoms with van der Waals surface area (Å²) < 4.78 is 11.3. The number of para-hydroxylation sites is 1. The lowest BCUT2D eigenvalue weighted by Crippen LogP contribution is -2.00. The number of nitrogens with zero attached hydrogens (tertiary/aromatic N) is 1. The Hall–Kier alpha value is -3.44. The van der Waals surface area contributed by atoms with Gasteiger partial charge in [0, 0.05) is 35.0 Å². The zero-order valence-electron chi connectivity index (χ0n) is 18.8. The van der Waals surface area contributed by atoms with Crippen LogP contribution in [0.3, 0.4) is 0 Å². The minimum atomic E-state index is 0.351. The lowest BCUT2D eigenvalue weighted by atomic mass is 10.0. The zero-order chi connectivity index (χ0) is 23.0. The lowest BCUT2D eigenvalue weighted by Gasteiger charge is -2.13. The molecule has 0 saturated heterocycles. The number of nitrogens with one attached hydrogen (secondary N) is 1. The van der Waals surface area contributed by atoms with Crippen LogP contribution in [0.1, 0.15) is 22.4 Å². The Bertz CT molecular complexity index is 1220. The molecule has 0 spiro atoms.